The molecule has 0 aliphatic rings. The summed E-state index contributed by atoms with van der Waals surface area (Å²) >= 11 is 3.20. The van der Waals surface area contributed by atoms with Gasteiger partial charge in [0.25, 0.3) is 5.91 Å². The number of ether oxygens (including phenoxy) is 1. The predicted octanol–water partition coefficient (Wildman–Crippen LogP) is 2.78. The minimum absolute atomic E-state index is 0.309. The van der Waals surface area contributed by atoms with Gasteiger partial charge in [-0.2, -0.15) is 5.10 Å². The Bertz CT molecular complexity index is 860. The number of amides is 1. The first-order valence-electron chi connectivity index (χ1n) is 6.96. The number of aromatic nitrogens is 4. The second-order valence-corrected chi connectivity index (χ2v) is 5.63. The smallest absolute Gasteiger partial charge is 0.260 e. The normalized spacial score (nSPS) is 10.7. The number of halogens is 1. The summed E-state index contributed by atoms with van der Waals surface area (Å²) in [6, 6.07) is 3.52. The van der Waals surface area contributed by atoms with Crippen LogP contribution in [0.1, 0.15) is 17.3 Å². The van der Waals surface area contributed by atoms with Gasteiger partial charge in [-0.05, 0) is 28.9 Å². The highest BCUT2D eigenvalue weighted by atomic mass is 79.9. The van der Waals surface area contributed by atoms with Crippen molar-refractivity contribution in [3.8, 4) is 5.75 Å². The van der Waals surface area contributed by atoms with Crippen molar-refractivity contribution >= 4 is 38.6 Å². The summed E-state index contributed by atoms with van der Waals surface area (Å²) in [6.45, 7) is 2.32. The molecule has 0 saturated carbocycles. The van der Waals surface area contributed by atoms with Crippen molar-refractivity contribution in [1.82, 2.24) is 19.7 Å². The molecule has 0 aliphatic carbocycles. The van der Waals surface area contributed by atoms with Gasteiger partial charge in [0.2, 0.25) is 0 Å². The van der Waals surface area contributed by atoms with Gasteiger partial charge in [0.15, 0.2) is 5.82 Å². The van der Waals surface area contributed by atoms with Gasteiger partial charge in [0.1, 0.15) is 10.4 Å². The standard InChI is InChI=1S/C15H14BrN5O2/c1-3-23-12-5-11-9(8-21(2)20-11)4-10(12)15(22)19-14-7-17-13(16)6-18-14/h4-8H,3H2,1-2H3,(H,18,19,22). The fourth-order valence-electron chi connectivity index (χ4n) is 2.19. The lowest BCUT2D eigenvalue weighted by molar-refractivity contribution is 0.102. The van der Waals surface area contributed by atoms with Crippen molar-refractivity contribution in [3.63, 3.8) is 0 Å². The first kappa shape index (κ1) is 15.4. The van der Waals surface area contributed by atoms with Crippen LogP contribution in [-0.2, 0) is 7.05 Å². The summed E-state index contributed by atoms with van der Waals surface area (Å²) in [7, 11) is 1.83. The molecule has 0 atom stereocenters. The van der Waals surface area contributed by atoms with Crippen molar-refractivity contribution in [3.05, 3.63) is 40.9 Å². The van der Waals surface area contributed by atoms with Gasteiger partial charge in [0, 0.05) is 24.7 Å². The highest BCUT2D eigenvalue weighted by molar-refractivity contribution is 9.10. The van der Waals surface area contributed by atoms with E-state index in [4.69, 9.17) is 4.74 Å². The molecule has 8 heteroatoms. The van der Waals surface area contributed by atoms with Crippen molar-refractivity contribution in [2.45, 2.75) is 6.92 Å². The Morgan fingerprint density at radius 2 is 2.17 bits per heavy atom. The minimum atomic E-state index is -0.309. The average molecular weight is 376 g/mol. The summed E-state index contributed by atoms with van der Waals surface area (Å²) in [4.78, 5) is 20.7. The van der Waals surface area contributed by atoms with E-state index in [2.05, 4.69) is 36.3 Å². The Kier molecular flexibility index (Phi) is 4.24. The van der Waals surface area contributed by atoms with E-state index in [1.54, 1.807) is 16.8 Å². The van der Waals surface area contributed by atoms with Crippen LogP contribution in [0.4, 0.5) is 5.82 Å². The molecule has 3 rings (SSSR count). The maximum Gasteiger partial charge on any atom is 0.260 e. The van der Waals surface area contributed by atoms with Crippen LogP contribution in [0.25, 0.3) is 10.9 Å². The molecular formula is C15H14BrN5O2. The van der Waals surface area contributed by atoms with Crippen LogP contribution < -0.4 is 10.1 Å². The number of anilines is 1. The predicted molar refractivity (Wildman–Crippen MR) is 89.6 cm³/mol. The lowest BCUT2D eigenvalue weighted by Crippen LogP contribution is -2.14. The third kappa shape index (κ3) is 3.31. The molecule has 7 nitrogen and oxygen atoms in total. The Labute approximate surface area is 140 Å². The van der Waals surface area contributed by atoms with Gasteiger partial charge < -0.3 is 10.1 Å². The molecule has 2 heterocycles. The number of fused-ring (bicyclic) bond motifs is 1. The molecule has 0 fully saturated rings. The van der Waals surface area contributed by atoms with Crippen molar-refractivity contribution in [1.29, 1.82) is 0 Å². The zero-order chi connectivity index (χ0) is 16.4. The van der Waals surface area contributed by atoms with Crippen LogP contribution in [0.2, 0.25) is 0 Å². The number of carbonyl (C=O) groups excluding carboxylic acids is 1. The molecule has 2 aromatic heterocycles. The highest BCUT2D eigenvalue weighted by Gasteiger charge is 2.16. The molecule has 0 saturated heterocycles. The SMILES string of the molecule is CCOc1cc2nn(C)cc2cc1C(=O)Nc1cnc(Br)cn1. The molecule has 1 aromatic carbocycles. The summed E-state index contributed by atoms with van der Waals surface area (Å²) in [6.07, 6.45) is 4.84. The minimum Gasteiger partial charge on any atom is -0.493 e. The molecular weight excluding hydrogens is 362 g/mol. The molecule has 0 aliphatic heterocycles. The molecule has 0 unspecified atom stereocenters. The molecule has 1 N–H and O–H groups in total. The summed E-state index contributed by atoms with van der Waals surface area (Å²) < 4.78 is 7.87. The summed E-state index contributed by atoms with van der Waals surface area (Å²) in [5.41, 5.74) is 1.20. The second kappa shape index (κ2) is 6.33. The monoisotopic (exact) mass is 375 g/mol. The van der Waals surface area contributed by atoms with E-state index in [-0.39, 0.29) is 5.91 Å². The fourth-order valence-corrected chi connectivity index (χ4v) is 2.39. The number of nitrogens with zero attached hydrogens (tertiary/aromatic N) is 4. The fraction of sp³-hybridized carbons (Fsp3) is 0.200. The van der Waals surface area contributed by atoms with Crippen molar-refractivity contribution in [2.75, 3.05) is 11.9 Å². The Morgan fingerprint density at radius 1 is 1.35 bits per heavy atom. The van der Waals surface area contributed by atoms with Crippen LogP contribution in [0.5, 0.6) is 5.75 Å². The lowest BCUT2D eigenvalue weighted by atomic mass is 10.1. The first-order chi connectivity index (χ1) is 11.1. The largest absolute Gasteiger partial charge is 0.493 e. The maximum absolute atomic E-state index is 12.5. The average Bonchev–Trinajstić information content (AvgIpc) is 2.88. The Balaban J connectivity index is 1.97. The van der Waals surface area contributed by atoms with Crippen LogP contribution in [0.15, 0.2) is 35.3 Å². The van der Waals surface area contributed by atoms with Gasteiger partial charge in [-0.15, -0.1) is 0 Å². The molecule has 0 radical (unpaired) electrons. The third-order valence-corrected chi connectivity index (χ3v) is 3.54. The number of aryl methyl sites for hydroxylation is 1. The van der Waals surface area contributed by atoms with E-state index in [0.717, 1.165) is 10.9 Å². The van der Waals surface area contributed by atoms with Gasteiger partial charge in [-0.1, -0.05) is 0 Å². The zero-order valence-corrected chi connectivity index (χ0v) is 14.2. The number of carbonyl (C=O) groups is 1. The number of hydrogen-bond donors (Lipinski definition) is 1. The van der Waals surface area contributed by atoms with Crippen LogP contribution in [0, 0.1) is 0 Å². The van der Waals surface area contributed by atoms with E-state index in [1.165, 1.54) is 12.4 Å². The van der Waals surface area contributed by atoms with Gasteiger partial charge in [-0.3, -0.25) is 9.48 Å². The quantitative estimate of drug-likeness (QED) is 0.757. The highest BCUT2D eigenvalue weighted by Crippen LogP contribution is 2.26. The van der Waals surface area contributed by atoms with Crippen LogP contribution in [-0.4, -0.2) is 32.3 Å². The third-order valence-electron chi connectivity index (χ3n) is 3.13. The molecule has 23 heavy (non-hydrogen) atoms. The second-order valence-electron chi connectivity index (χ2n) is 4.82. The van der Waals surface area contributed by atoms with E-state index in [0.29, 0.717) is 28.3 Å². The topological polar surface area (TPSA) is 81.9 Å². The number of rotatable bonds is 4. The first-order valence-corrected chi connectivity index (χ1v) is 7.75. The lowest BCUT2D eigenvalue weighted by Gasteiger charge is -2.10. The van der Waals surface area contributed by atoms with Gasteiger partial charge in [0.05, 0.1) is 30.1 Å². The van der Waals surface area contributed by atoms with Crippen molar-refractivity contribution < 1.29 is 9.53 Å². The van der Waals surface area contributed by atoms with Crippen molar-refractivity contribution in [2.24, 2.45) is 7.05 Å². The molecule has 1 amide bonds. The Morgan fingerprint density at radius 3 is 2.87 bits per heavy atom. The number of benzene rings is 1. The number of hydrogen-bond acceptors (Lipinski definition) is 5. The van der Waals surface area contributed by atoms with Gasteiger partial charge in [-0.25, -0.2) is 9.97 Å². The number of nitrogens with one attached hydrogen (secondary N) is 1. The summed E-state index contributed by atoms with van der Waals surface area (Å²) in [5, 5.41) is 7.91. The van der Waals surface area contributed by atoms with E-state index < -0.39 is 0 Å². The molecule has 118 valence electrons. The van der Waals surface area contributed by atoms with Gasteiger partial charge >= 0.3 is 0 Å². The molecule has 0 bridgehead atoms. The maximum atomic E-state index is 12.5. The zero-order valence-electron chi connectivity index (χ0n) is 12.6. The summed E-state index contributed by atoms with van der Waals surface area (Å²) in [5.74, 6) is 0.545. The van der Waals surface area contributed by atoms with E-state index in [9.17, 15) is 4.79 Å². The van der Waals surface area contributed by atoms with Crippen LogP contribution >= 0.6 is 15.9 Å². The van der Waals surface area contributed by atoms with E-state index in [1.807, 2.05) is 20.2 Å². The molecule has 0 spiro atoms. The van der Waals surface area contributed by atoms with E-state index >= 15 is 0 Å². The van der Waals surface area contributed by atoms with Crippen LogP contribution in [0.3, 0.4) is 0 Å². The molecule has 3 aromatic rings. The Hall–Kier alpha value is -2.48.